The van der Waals surface area contributed by atoms with Gasteiger partial charge >= 0.3 is 0 Å². The zero-order valence-electron chi connectivity index (χ0n) is 15.4. The second-order valence-corrected chi connectivity index (χ2v) is 6.13. The van der Waals surface area contributed by atoms with Gasteiger partial charge in [-0.05, 0) is 19.1 Å². The van der Waals surface area contributed by atoms with Crippen molar-refractivity contribution in [3.05, 3.63) is 30.3 Å². The lowest BCUT2D eigenvalue weighted by atomic mass is 10.2. The lowest BCUT2D eigenvalue weighted by molar-refractivity contribution is -0.130. The van der Waals surface area contributed by atoms with Crippen LogP contribution in [-0.4, -0.2) is 76.3 Å². The minimum atomic E-state index is 0.0926. The lowest BCUT2D eigenvalue weighted by Crippen LogP contribution is -2.52. The van der Waals surface area contributed by atoms with E-state index < -0.39 is 0 Å². The first-order chi connectivity index (χ1) is 12.1. The Morgan fingerprint density at radius 2 is 1.92 bits per heavy atom. The summed E-state index contributed by atoms with van der Waals surface area (Å²) in [5.41, 5.74) is 1.21. The molecule has 25 heavy (non-hydrogen) atoms. The lowest BCUT2D eigenvalue weighted by Gasteiger charge is -2.36. The molecular weight excluding hydrogens is 318 g/mol. The largest absolute Gasteiger partial charge is 0.383 e. The molecule has 0 aromatic heterocycles. The Labute approximate surface area is 150 Å². The second-order valence-electron chi connectivity index (χ2n) is 6.13. The van der Waals surface area contributed by atoms with Crippen molar-refractivity contribution in [2.24, 2.45) is 4.99 Å². The fourth-order valence-corrected chi connectivity index (χ4v) is 2.84. The van der Waals surface area contributed by atoms with E-state index in [4.69, 9.17) is 4.74 Å². The van der Waals surface area contributed by atoms with Gasteiger partial charge in [0.1, 0.15) is 0 Å². The van der Waals surface area contributed by atoms with Crippen molar-refractivity contribution >= 4 is 17.6 Å². The van der Waals surface area contributed by atoms with Crippen molar-refractivity contribution in [1.82, 2.24) is 15.5 Å². The number of nitrogens with zero attached hydrogens (tertiary/aromatic N) is 3. The van der Waals surface area contributed by atoms with Crippen LogP contribution in [-0.2, 0) is 9.53 Å². The summed E-state index contributed by atoms with van der Waals surface area (Å²) in [5.74, 6) is 0.705. The smallest absolute Gasteiger partial charge is 0.242 e. The number of guanidine groups is 1. The summed E-state index contributed by atoms with van der Waals surface area (Å²) in [4.78, 5) is 20.8. The van der Waals surface area contributed by atoms with Crippen LogP contribution < -0.4 is 15.5 Å². The summed E-state index contributed by atoms with van der Waals surface area (Å²) in [6.45, 7) is 6.01. The molecule has 1 unspecified atom stereocenters. The summed E-state index contributed by atoms with van der Waals surface area (Å²) in [6, 6.07) is 10.4. The van der Waals surface area contributed by atoms with Crippen LogP contribution in [0, 0.1) is 0 Å². The fraction of sp³-hybridized carbons (Fsp3) is 0.556. The molecule has 1 atom stereocenters. The molecule has 2 rings (SSSR count). The van der Waals surface area contributed by atoms with E-state index in [2.05, 4.69) is 32.7 Å². The van der Waals surface area contributed by atoms with Crippen LogP contribution in [0.3, 0.4) is 0 Å². The number of hydrogen-bond acceptors (Lipinski definition) is 4. The fourth-order valence-electron chi connectivity index (χ4n) is 2.84. The van der Waals surface area contributed by atoms with Crippen LogP contribution in [0.5, 0.6) is 0 Å². The number of para-hydroxylation sites is 1. The quantitative estimate of drug-likeness (QED) is 0.581. The molecule has 1 aromatic carbocycles. The molecule has 1 fully saturated rings. The predicted molar refractivity (Wildman–Crippen MR) is 101 cm³/mol. The molecule has 0 radical (unpaired) electrons. The number of ether oxygens (including phenoxy) is 1. The van der Waals surface area contributed by atoms with Crippen molar-refractivity contribution in [2.45, 2.75) is 13.0 Å². The summed E-state index contributed by atoms with van der Waals surface area (Å²) in [5, 5.41) is 6.27. The number of carbonyl (C=O) groups is 1. The van der Waals surface area contributed by atoms with E-state index in [1.54, 1.807) is 14.2 Å². The van der Waals surface area contributed by atoms with E-state index in [1.165, 1.54) is 5.69 Å². The van der Waals surface area contributed by atoms with Crippen LogP contribution in [0.4, 0.5) is 5.69 Å². The molecule has 138 valence electrons. The Bertz CT molecular complexity index is 556. The summed E-state index contributed by atoms with van der Waals surface area (Å²) in [6.07, 6.45) is 0. The van der Waals surface area contributed by atoms with Gasteiger partial charge in [0.25, 0.3) is 0 Å². The van der Waals surface area contributed by atoms with Crippen molar-refractivity contribution < 1.29 is 9.53 Å². The van der Waals surface area contributed by atoms with E-state index in [1.807, 2.05) is 30.0 Å². The summed E-state index contributed by atoms with van der Waals surface area (Å²) < 4.78 is 5.09. The number of carbonyl (C=O) groups excluding carboxylic acids is 1. The number of anilines is 1. The molecular formula is C18H29N5O2. The minimum Gasteiger partial charge on any atom is -0.383 e. The highest BCUT2D eigenvalue weighted by Crippen LogP contribution is 2.15. The van der Waals surface area contributed by atoms with Crippen LogP contribution in [0.15, 0.2) is 35.3 Å². The van der Waals surface area contributed by atoms with Gasteiger partial charge in [0.15, 0.2) is 5.96 Å². The molecule has 0 bridgehead atoms. The summed E-state index contributed by atoms with van der Waals surface area (Å²) >= 11 is 0. The third-order valence-corrected chi connectivity index (χ3v) is 4.18. The van der Waals surface area contributed by atoms with Gasteiger partial charge in [0.2, 0.25) is 5.91 Å². The number of rotatable bonds is 6. The SMILES string of the molecule is CN=C(NCC(=O)N1CCN(c2ccccc2)CC1)NC(C)COC. The standard InChI is InChI=1S/C18H29N5O2/c1-15(14-25-3)21-18(19-2)20-13-17(24)23-11-9-22(10-12-23)16-7-5-4-6-8-16/h4-8,15H,9-14H2,1-3H3,(H2,19,20,21). The van der Waals surface area contributed by atoms with Gasteiger partial charge in [-0.1, -0.05) is 18.2 Å². The average molecular weight is 347 g/mol. The van der Waals surface area contributed by atoms with E-state index in [0.29, 0.717) is 12.6 Å². The van der Waals surface area contributed by atoms with Crippen LogP contribution in [0.2, 0.25) is 0 Å². The maximum atomic E-state index is 12.4. The number of hydrogen-bond donors (Lipinski definition) is 2. The number of amides is 1. The van der Waals surface area contributed by atoms with Crippen LogP contribution >= 0.6 is 0 Å². The molecule has 1 aliphatic heterocycles. The first-order valence-electron chi connectivity index (χ1n) is 8.68. The zero-order chi connectivity index (χ0) is 18.1. The number of benzene rings is 1. The molecule has 1 aliphatic rings. The van der Waals surface area contributed by atoms with Gasteiger partial charge in [-0.15, -0.1) is 0 Å². The second kappa shape index (κ2) is 9.88. The van der Waals surface area contributed by atoms with E-state index in [0.717, 1.165) is 26.2 Å². The molecule has 2 N–H and O–H groups in total. The molecule has 1 aromatic rings. The first-order valence-corrected chi connectivity index (χ1v) is 8.68. The third-order valence-electron chi connectivity index (χ3n) is 4.18. The maximum Gasteiger partial charge on any atom is 0.242 e. The van der Waals surface area contributed by atoms with Gasteiger partial charge in [-0.2, -0.15) is 0 Å². The van der Waals surface area contributed by atoms with Crippen LogP contribution in [0.25, 0.3) is 0 Å². The third kappa shape index (κ3) is 5.94. The molecule has 7 heteroatoms. The molecule has 1 saturated heterocycles. The van der Waals surface area contributed by atoms with Crippen molar-refractivity contribution in [2.75, 3.05) is 58.4 Å². The van der Waals surface area contributed by atoms with Gasteiger partial charge in [-0.3, -0.25) is 9.79 Å². The summed E-state index contributed by atoms with van der Waals surface area (Å²) in [7, 11) is 3.35. The minimum absolute atomic E-state index is 0.0926. The first kappa shape index (κ1) is 19.1. The highest BCUT2D eigenvalue weighted by atomic mass is 16.5. The molecule has 7 nitrogen and oxygen atoms in total. The van der Waals surface area contributed by atoms with E-state index in [-0.39, 0.29) is 18.5 Å². The Kier molecular flexibility index (Phi) is 7.53. The Balaban J connectivity index is 1.75. The van der Waals surface area contributed by atoms with E-state index in [9.17, 15) is 4.79 Å². The van der Waals surface area contributed by atoms with Gasteiger partial charge in [0.05, 0.1) is 13.2 Å². The maximum absolute atomic E-state index is 12.4. The number of aliphatic imine (C=N–C) groups is 1. The van der Waals surface area contributed by atoms with E-state index >= 15 is 0 Å². The number of methoxy groups -OCH3 is 1. The normalized spacial score (nSPS) is 16.5. The highest BCUT2D eigenvalue weighted by molar-refractivity contribution is 5.86. The van der Waals surface area contributed by atoms with Crippen molar-refractivity contribution in [3.63, 3.8) is 0 Å². The van der Waals surface area contributed by atoms with Gasteiger partial charge in [-0.25, -0.2) is 0 Å². The average Bonchev–Trinajstić information content (AvgIpc) is 2.66. The predicted octanol–water partition coefficient (Wildman–Crippen LogP) is 0.535. The zero-order valence-corrected chi connectivity index (χ0v) is 15.4. The topological polar surface area (TPSA) is 69.2 Å². The Hall–Kier alpha value is -2.28. The molecule has 0 aliphatic carbocycles. The Morgan fingerprint density at radius 1 is 1.24 bits per heavy atom. The van der Waals surface area contributed by atoms with Gasteiger partial charge in [0, 0.05) is 52.1 Å². The number of piperazine rings is 1. The van der Waals surface area contributed by atoms with Crippen LogP contribution in [0.1, 0.15) is 6.92 Å². The molecule has 1 amide bonds. The Morgan fingerprint density at radius 3 is 2.52 bits per heavy atom. The molecule has 1 heterocycles. The van der Waals surface area contributed by atoms with Crippen molar-refractivity contribution in [1.29, 1.82) is 0 Å². The number of nitrogens with one attached hydrogen (secondary N) is 2. The highest BCUT2D eigenvalue weighted by Gasteiger charge is 2.21. The molecule has 0 spiro atoms. The van der Waals surface area contributed by atoms with Gasteiger partial charge < -0.3 is 25.2 Å². The monoisotopic (exact) mass is 347 g/mol. The molecule has 0 saturated carbocycles. The van der Waals surface area contributed by atoms with Crippen molar-refractivity contribution in [3.8, 4) is 0 Å².